The van der Waals surface area contributed by atoms with E-state index in [4.69, 9.17) is 4.98 Å². The standard InChI is InChI=1S/C35H27N3O/c39-34-24-27(23-26-11-3-1-4-12-26)20-21-31(34)33-18-10-17-32(37-33)28-13-9-16-30(25-28)38(29-14-5-2-6-15-29)35-19-7-8-22-36-35/h1-22,24-25,39H,23H2. The van der Waals surface area contributed by atoms with Crippen LogP contribution >= 0.6 is 0 Å². The van der Waals surface area contributed by atoms with Gasteiger partial charge in [0.15, 0.2) is 0 Å². The molecule has 0 unspecified atom stereocenters. The third kappa shape index (κ3) is 5.41. The molecule has 6 aromatic rings. The van der Waals surface area contributed by atoms with Crippen LogP contribution in [-0.4, -0.2) is 15.1 Å². The Balaban J connectivity index is 1.33. The lowest BCUT2D eigenvalue weighted by molar-refractivity contribution is 0.476. The van der Waals surface area contributed by atoms with Crippen molar-refractivity contribution in [3.05, 3.63) is 157 Å². The van der Waals surface area contributed by atoms with Crippen LogP contribution in [0.3, 0.4) is 0 Å². The summed E-state index contributed by atoms with van der Waals surface area (Å²) in [6.45, 7) is 0. The summed E-state index contributed by atoms with van der Waals surface area (Å²) in [6.07, 6.45) is 2.57. The first-order valence-corrected chi connectivity index (χ1v) is 12.9. The normalized spacial score (nSPS) is 10.8. The number of hydrogen-bond acceptors (Lipinski definition) is 4. The Bertz CT molecular complexity index is 1650. The first-order valence-electron chi connectivity index (χ1n) is 12.9. The van der Waals surface area contributed by atoms with Crippen molar-refractivity contribution in [1.29, 1.82) is 0 Å². The van der Waals surface area contributed by atoms with Crippen molar-refractivity contribution in [3.8, 4) is 28.3 Å². The first kappa shape index (κ1) is 24.1. The van der Waals surface area contributed by atoms with Crippen molar-refractivity contribution in [2.45, 2.75) is 6.42 Å². The topological polar surface area (TPSA) is 49.2 Å². The summed E-state index contributed by atoms with van der Waals surface area (Å²) in [5, 5.41) is 10.9. The molecule has 2 aromatic heterocycles. The zero-order chi connectivity index (χ0) is 26.4. The molecular weight excluding hydrogens is 478 g/mol. The van der Waals surface area contributed by atoms with Crippen LogP contribution < -0.4 is 4.90 Å². The molecule has 0 fully saturated rings. The van der Waals surface area contributed by atoms with Gasteiger partial charge in [-0.1, -0.05) is 78.9 Å². The molecule has 6 rings (SSSR count). The SMILES string of the molecule is Oc1cc(Cc2ccccc2)ccc1-c1cccc(-c2cccc(N(c3ccccc3)c3ccccn3)c2)n1. The number of nitrogens with zero attached hydrogens (tertiary/aromatic N) is 3. The second-order valence-electron chi connectivity index (χ2n) is 9.33. The average Bonchev–Trinajstić information content (AvgIpc) is 2.99. The lowest BCUT2D eigenvalue weighted by Gasteiger charge is -2.24. The second-order valence-corrected chi connectivity index (χ2v) is 9.33. The van der Waals surface area contributed by atoms with Crippen molar-refractivity contribution in [1.82, 2.24) is 9.97 Å². The quantitative estimate of drug-likeness (QED) is 0.236. The molecule has 2 heterocycles. The minimum absolute atomic E-state index is 0.229. The third-order valence-electron chi connectivity index (χ3n) is 6.63. The Morgan fingerprint density at radius 3 is 2.05 bits per heavy atom. The number of para-hydroxylation sites is 1. The molecule has 4 heteroatoms. The van der Waals surface area contributed by atoms with E-state index >= 15 is 0 Å². The molecule has 4 aromatic carbocycles. The van der Waals surface area contributed by atoms with Crippen LogP contribution in [0.2, 0.25) is 0 Å². The molecule has 0 bridgehead atoms. The van der Waals surface area contributed by atoms with E-state index in [2.05, 4.69) is 58.4 Å². The van der Waals surface area contributed by atoms with Crippen molar-refractivity contribution >= 4 is 17.2 Å². The predicted molar refractivity (Wildman–Crippen MR) is 158 cm³/mol. The minimum atomic E-state index is 0.229. The molecule has 4 nitrogen and oxygen atoms in total. The van der Waals surface area contributed by atoms with Gasteiger partial charge in [0.2, 0.25) is 0 Å². The molecule has 0 aliphatic heterocycles. The van der Waals surface area contributed by atoms with Crippen molar-refractivity contribution in [3.63, 3.8) is 0 Å². The molecule has 0 aliphatic rings. The van der Waals surface area contributed by atoms with Crippen LogP contribution in [0.4, 0.5) is 17.2 Å². The van der Waals surface area contributed by atoms with E-state index in [0.717, 1.165) is 46.1 Å². The summed E-state index contributed by atoms with van der Waals surface area (Å²) >= 11 is 0. The van der Waals surface area contributed by atoms with Gasteiger partial charge in [-0.2, -0.15) is 0 Å². The van der Waals surface area contributed by atoms with Gasteiger partial charge < -0.3 is 5.11 Å². The number of rotatable bonds is 7. The lowest BCUT2D eigenvalue weighted by Crippen LogP contribution is -2.11. The molecule has 0 spiro atoms. The number of hydrogen-bond donors (Lipinski definition) is 1. The van der Waals surface area contributed by atoms with E-state index in [0.29, 0.717) is 5.56 Å². The highest BCUT2D eigenvalue weighted by atomic mass is 16.3. The highest BCUT2D eigenvalue weighted by Crippen LogP contribution is 2.36. The fourth-order valence-corrected chi connectivity index (χ4v) is 4.76. The van der Waals surface area contributed by atoms with E-state index in [-0.39, 0.29) is 5.75 Å². The van der Waals surface area contributed by atoms with E-state index in [1.54, 1.807) is 6.20 Å². The molecule has 0 saturated carbocycles. The van der Waals surface area contributed by atoms with E-state index in [1.165, 1.54) is 5.56 Å². The van der Waals surface area contributed by atoms with Gasteiger partial charge in [0, 0.05) is 28.7 Å². The maximum absolute atomic E-state index is 10.9. The van der Waals surface area contributed by atoms with Crippen LogP contribution in [0, 0.1) is 0 Å². The molecule has 1 N–H and O–H groups in total. The molecule has 0 radical (unpaired) electrons. The van der Waals surface area contributed by atoms with Crippen LogP contribution in [0.25, 0.3) is 22.5 Å². The van der Waals surface area contributed by atoms with Gasteiger partial charge in [-0.05, 0) is 78.2 Å². The predicted octanol–water partition coefficient (Wildman–Crippen LogP) is 8.58. The van der Waals surface area contributed by atoms with Gasteiger partial charge in [-0.3, -0.25) is 4.90 Å². The smallest absolute Gasteiger partial charge is 0.137 e. The van der Waals surface area contributed by atoms with Crippen LogP contribution in [0.5, 0.6) is 5.75 Å². The van der Waals surface area contributed by atoms with E-state index < -0.39 is 0 Å². The number of aromatic hydroxyl groups is 1. The summed E-state index contributed by atoms with van der Waals surface area (Å²) in [5.74, 6) is 1.07. The summed E-state index contributed by atoms with van der Waals surface area (Å²) in [5.41, 5.74) is 7.52. The number of phenolic OH excluding ortho intramolecular Hbond substituents is 1. The highest BCUT2D eigenvalue weighted by molar-refractivity contribution is 5.78. The van der Waals surface area contributed by atoms with Gasteiger partial charge in [0.25, 0.3) is 0 Å². The third-order valence-corrected chi connectivity index (χ3v) is 6.63. The summed E-state index contributed by atoms with van der Waals surface area (Å²) in [7, 11) is 0. The summed E-state index contributed by atoms with van der Waals surface area (Å²) in [4.78, 5) is 11.7. The number of pyridine rings is 2. The monoisotopic (exact) mass is 505 g/mol. The molecule has 0 aliphatic carbocycles. The van der Waals surface area contributed by atoms with Gasteiger partial charge >= 0.3 is 0 Å². The molecule has 0 saturated heterocycles. The van der Waals surface area contributed by atoms with Gasteiger partial charge in [0.05, 0.1) is 11.4 Å². The molecule has 0 amide bonds. The fraction of sp³-hybridized carbons (Fsp3) is 0.0286. The molecule has 0 atom stereocenters. The van der Waals surface area contributed by atoms with Crippen LogP contribution in [-0.2, 0) is 6.42 Å². The molecule has 188 valence electrons. The Labute approximate surface area is 228 Å². The highest BCUT2D eigenvalue weighted by Gasteiger charge is 2.15. The maximum atomic E-state index is 10.9. The van der Waals surface area contributed by atoms with Gasteiger partial charge in [-0.25, -0.2) is 9.97 Å². The Morgan fingerprint density at radius 2 is 1.28 bits per heavy atom. The average molecular weight is 506 g/mol. The number of benzene rings is 4. The zero-order valence-corrected chi connectivity index (χ0v) is 21.4. The minimum Gasteiger partial charge on any atom is -0.507 e. The van der Waals surface area contributed by atoms with Gasteiger partial charge in [-0.15, -0.1) is 0 Å². The summed E-state index contributed by atoms with van der Waals surface area (Å²) in [6, 6.07) is 46.4. The Morgan fingerprint density at radius 1 is 0.564 bits per heavy atom. The fourth-order valence-electron chi connectivity index (χ4n) is 4.76. The maximum Gasteiger partial charge on any atom is 0.137 e. The first-order chi connectivity index (χ1) is 19.2. The van der Waals surface area contributed by atoms with Crippen molar-refractivity contribution in [2.24, 2.45) is 0 Å². The van der Waals surface area contributed by atoms with Crippen molar-refractivity contribution < 1.29 is 5.11 Å². The van der Waals surface area contributed by atoms with Crippen LogP contribution in [0.15, 0.2) is 146 Å². The largest absolute Gasteiger partial charge is 0.507 e. The van der Waals surface area contributed by atoms with E-state index in [9.17, 15) is 5.11 Å². The second kappa shape index (κ2) is 11.0. The lowest BCUT2D eigenvalue weighted by atomic mass is 10.0. The van der Waals surface area contributed by atoms with E-state index in [1.807, 2.05) is 91.0 Å². The number of anilines is 3. The van der Waals surface area contributed by atoms with Crippen LogP contribution in [0.1, 0.15) is 11.1 Å². The Kier molecular flexibility index (Phi) is 6.83. The molecule has 39 heavy (non-hydrogen) atoms. The zero-order valence-electron chi connectivity index (χ0n) is 21.4. The number of phenols is 1. The number of aromatic nitrogens is 2. The molecular formula is C35H27N3O. The van der Waals surface area contributed by atoms with Crippen molar-refractivity contribution in [2.75, 3.05) is 4.90 Å². The summed E-state index contributed by atoms with van der Waals surface area (Å²) < 4.78 is 0. The van der Waals surface area contributed by atoms with Gasteiger partial charge in [0.1, 0.15) is 11.6 Å². The Hall–Kier alpha value is -5.22.